The van der Waals surface area contributed by atoms with Crippen molar-refractivity contribution in [2.24, 2.45) is 11.8 Å². The molecule has 0 spiro atoms. The van der Waals surface area contributed by atoms with E-state index < -0.39 is 0 Å². The fraction of sp³-hybridized carbons (Fsp3) is 0.412. The predicted octanol–water partition coefficient (Wildman–Crippen LogP) is 4.28. The first kappa shape index (κ1) is 12.7. The molecule has 2 aliphatic carbocycles. The fourth-order valence-electron chi connectivity index (χ4n) is 4.09. The number of furan rings is 1. The fourth-order valence-corrected chi connectivity index (χ4v) is 4.41. The molecule has 1 N–H and O–H groups in total. The predicted molar refractivity (Wildman–Crippen MR) is 82.7 cm³/mol. The van der Waals surface area contributed by atoms with Gasteiger partial charge in [0.25, 0.3) is 0 Å². The molecule has 0 bridgehead atoms. The van der Waals surface area contributed by atoms with Gasteiger partial charge in [-0.25, -0.2) is 0 Å². The van der Waals surface area contributed by atoms with Gasteiger partial charge in [0.15, 0.2) is 4.67 Å². The van der Waals surface area contributed by atoms with Crippen LogP contribution in [-0.4, -0.2) is 7.05 Å². The molecule has 0 aliphatic heterocycles. The van der Waals surface area contributed by atoms with Crippen molar-refractivity contribution in [2.75, 3.05) is 7.05 Å². The smallest absolute Gasteiger partial charge is 0.169 e. The van der Waals surface area contributed by atoms with Gasteiger partial charge in [-0.15, -0.1) is 0 Å². The molecule has 1 heterocycles. The van der Waals surface area contributed by atoms with Crippen LogP contribution < -0.4 is 5.32 Å². The van der Waals surface area contributed by atoms with Gasteiger partial charge in [-0.3, -0.25) is 0 Å². The maximum atomic E-state index is 5.79. The lowest BCUT2D eigenvalue weighted by atomic mass is 9.92. The molecule has 104 valence electrons. The summed E-state index contributed by atoms with van der Waals surface area (Å²) in [5.74, 6) is 3.24. The Morgan fingerprint density at radius 3 is 2.85 bits per heavy atom. The van der Waals surface area contributed by atoms with Crippen LogP contribution in [0.4, 0.5) is 0 Å². The molecule has 4 atom stereocenters. The molecule has 2 aliphatic rings. The normalized spacial score (nSPS) is 28.6. The van der Waals surface area contributed by atoms with E-state index >= 15 is 0 Å². The van der Waals surface area contributed by atoms with Crippen molar-refractivity contribution in [1.82, 2.24) is 5.32 Å². The van der Waals surface area contributed by atoms with Crippen molar-refractivity contribution in [2.45, 2.75) is 24.8 Å². The molecule has 1 aromatic carbocycles. The second kappa shape index (κ2) is 4.74. The second-order valence-corrected chi connectivity index (χ2v) is 6.69. The molecule has 2 aromatic rings. The van der Waals surface area contributed by atoms with E-state index in [4.69, 9.17) is 4.42 Å². The topological polar surface area (TPSA) is 25.2 Å². The van der Waals surface area contributed by atoms with Crippen LogP contribution in [0.25, 0.3) is 0 Å². The zero-order valence-corrected chi connectivity index (χ0v) is 13.1. The van der Waals surface area contributed by atoms with Crippen molar-refractivity contribution < 1.29 is 4.42 Å². The molecular weight excluding hydrogens is 314 g/mol. The number of rotatable bonds is 3. The Morgan fingerprint density at radius 1 is 1.25 bits per heavy atom. The van der Waals surface area contributed by atoms with Gasteiger partial charge in [0.05, 0.1) is 6.04 Å². The van der Waals surface area contributed by atoms with E-state index in [1.165, 1.54) is 12.8 Å². The summed E-state index contributed by atoms with van der Waals surface area (Å²) in [5.41, 5.74) is 3.12. The lowest BCUT2D eigenvalue weighted by Gasteiger charge is -2.14. The third-order valence-corrected chi connectivity index (χ3v) is 5.41. The number of nitrogens with one attached hydrogen (secondary N) is 1. The average Bonchev–Trinajstić information content (AvgIpc) is 3.05. The van der Waals surface area contributed by atoms with E-state index in [9.17, 15) is 0 Å². The maximum Gasteiger partial charge on any atom is 0.169 e. The largest absolute Gasteiger partial charge is 0.453 e. The molecule has 2 nitrogen and oxygen atoms in total. The van der Waals surface area contributed by atoms with E-state index in [2.05, 4.69) is 51.6 Å². The summed E-state index contributed by atoms with van der Waals surface area (Å²) in [5, 5.41) is 3.47. The van der Waals surface area contributed by atoms with Crippen molar-refractivity contribution in [3.63, 3.8) is 0 Å². The third-order valence-electron chi connectivity index (χ3n) is 4.99. The second-order valence-electron chi connectivity index (χ2n) is 5.91. The van der Waals surface area contributed by atoms with E-state index in [-0.39, 0.29) is 0 Å². The molecule has 1 fully saturated rings. The molecular formula is C17H18BrNO. The van der Waals surface area contributed by atoms with E-state index in [1.54, 1.807) is 11.1 Å². The minimum absolute atomic E-state index is 0.322. The van der Waals surface area contributed by atoms with Crippen molar-refractivity contribution in [1.29, 1.82) is 0 Å². The van der Waals surface area contributed by atoms with E-state index in [0.717, 1.165) is 16.3 Å². The quantitative estimate of drug-likeness (QED) is 0.908. The first-order chi connectivity index (χ1) is 9.79. The monoisotopic (exact) mass is 331 g/mol. The third kappa shape index (κ3) is 1.87. The summed E-state index contributed by atoms with van der Waals surface area (Å²) >= 11 is 3.41. The van der Waals surface area contributed by atoms with Gasteiger partial charge in [-0.1, -0.05) is 24.3 Å². The first-order valence-electron chi connectivity index (χ1n) is 7.30. The van der Waals surface area contributed by atoms with Crippen LogP contribution in [0.2, 0.25) is 0 Å². The number of aryl methyl sites for hydroxylation is 1. The average molecular weight is 332 g/mol. The summed E-state index contributed by atoms with van der Waals surface area (Å²) in [7, 11) is 2.04. The number of halogens is 1. The van der Waals surface area contributed by atoms with E-state index in [1.807, 2.05) is 13.1 Å². The molecule has 0 saturated heterocycles. The summed E-state index contributed by atoms with van der Waals surface area (Å²) in [6.07, 6.45) is 2.54. The summed E-state index contributed by atoms with van der Waals surface area (Å²) in [6.45, 7) is 0. The summed E-state index contributed by atoms with van der Waals surface area (Å²) in [4.78, 5) is 0. The standard InChI is InChI=1S/C17H18BrNO/c1-19-17(13-8-9-14(18)20-13)16-12-7-6-10-4-2-3-5-11(10)15(12)16/h2-5,8-9,12,15-17,19H,6-7H2,1H3. The Kier molecular flexibility index (Phi) is 3.00. The van der Waals surface area contributed by atoms with Gasteiger partial charge in [0, 0.05) is 0 Å². The minimum atomic E-state index is 0.322. The van der Waals surface area contributed by atoms with Crippen molar-refractivity contribution in [3.8, 4) is 0 Å². The Balaban J connectivity index is 1.65. The molecule has 0 radical (unpaired) electrons. The highest BCUT2D eigenvalue weighted by atomic mass is 79.9. The Morgan fingerprint density at radius 2 is 2.10 bits per heavy atom. The summed E-state index contributed by atoms with van der Waals surface area (Å²) in [6, 6.07) is 13.3. The van der Waals surface area contributed by atoms with Gasteiger partial charge in [-0.05, 0) is 76.8 Å². The highest BCUT2D eigenvalue weighted by Crippen LogP contribution is 2.64. The van der Waals surface area contributed by atoms with Crippen molar-refractivity contribution >= 4 is 15.9 Å². The lowest BCUT2D eigenvalue weighted by molar-refractivity contribution is 0.377. The SMILES string of the molecule is CNC(c1ccc(Br)o1)C1C2CCc3ccccc3C21. The van der Waals surface area contributed by atoms with Crippen LogP contribution in [0.5, 0.6) is 0 Å². The molecule has 0 amide bonds. The summed E-state index contributed by atoms with van der Waals surface area (Å²) < 4.78 is 6.60. The van der Waals surface area contributed by atoms with Gasteiger partial charge < -0.3 is 9.73 Å². The lowest BCUT2D eigenvalue weighted by Crippen LogP contribution is -2.19. The highest BCUT2D eigenvalue weighted by molar-refractivity contribution is 9.10. The Hall–Kier alpha value is -1.06. The first-order valence-corrected chi connectivity index (χ1v) is 8.09. The van der Waals surface area contributed by atoms with Gasteiger partial charge >= 0.3 is 0 Å². The van der Waals surface area contributed by atoms with Gasteiger partial charge in [0.2, 0.25) is 0 Å². The van der Waals surface area contributed by atoms with Crippen LogP contribution in [-0.2, 0) is 6.42 Å². The van der Waals surface area contributed by atoms with Crippen LogP contribution >= 0.6 is 15.9 Å². The highest BCUT2D eigenvalue weighted by Gasteiger charge is 2.56. The number of hydrogen-bond acceptors (Lipinski definition) is 2. The van der Waals surface area contributed by atoms with Crippen LogP contribution in [0.1, 0.15) is 35.3 Å². The maximum absolute atomic E-state index is 5.79. The Labute approximate surface area is 127 Å². The molecule has 1 aromatic heterocycles. The molecule has 4 unspecified atom stereocenters. The van der Waals surface area contributed by atoms with E-state index in [0.29, 0.717) is 17.9 Å². The Bertz CT molecular complexity index is 635. The number of fused-ring (bicyclic) bond motifs is 3. The number of hydrogen-bond donors (Lipinski definition) is 1. The van der Waals surface area contributed by atoms with Crippen LogP contribution in [0, 0.1) is 11.8 Å². The molecule has 20 heavy (non-hydrogen) atoms. The van der Waals surface area contributed by atoms with Crippen LogP contribution in [0.3, 0.4) is 0 Å². The van der Waals surface area contributed by atoms with Crippen LogP contribution in [0.15, 0.2) is 45.5 Å². The molecule has 1 saturated carbocycles. The minimum Gasteiger partial charge on any atom is -0.453 e. The zero-order valence-electron chi connectivity index (χ0n) is 11.5. The van der Waals surface area contributed by atoms with Gasteiger partial charge in [-0.2, -0.15) is 0 Å². The van der Waals surface area contributed by atoms with Crippen molar-refractivity contribution in [3.05, 3.63) is 58.0 Å². The molecule has 4 rings (SSSR count). The number of benzene rings is 1. The zero-order chi connectivity index (χ0) is 13.7. The molecule has 3 heteroatoms. The van der Waals surface area contributed by atoms with Gasteiger partial charge in [0.1, 0.15) is 5.76 Å².